The van der Waals surface area contributed by atoms with Gasteiger partial charge in [-0.15, -0.1) is 0 Å². The summed E-state index contributed by atoms with van der Waals surface area (Å²) in [4.78, 5) is 11.7. The number of nitrogens with one attached hydrogen (secondary N) is 2. The predicted molar refractivity (Wildman–Crippen MR) is 73.7 cm³/mol. The van der Waals surface area contributed by atoms with E-state index in [4.69, 9.17) is 11.6 Å². The van der Waals surface area contributed by atoms with Gasteiger partial charge in [0.15, 0.2) is 0 Å². The van der Waals surface area contributed by atoms with Gasteiger partial charge >= 0.3 is 0 Å². The van der Waals surface area contributed by atoms with Crippen molar-refractivity contribution in [2.24, 2.45) is 0 Å². The van der Waals surface area contributed by atoms with Gasteiger partial charge in [-0.2, -0.15) is 0 Å². The summed E-state index contributed by atoms with van der Waals surface area (Å²) < 4.78 is 0. The molecule has 1 aromatic carbocycles. The van der Waals surface area contributed by atoms with E-state index in [1.54, 1.807) is 0 Å². The molecule has 0 aliphatic carbocycles. The van der Waals surface area contributed by atoms with Crippen LogP contribution in [0.5, 0.6) is 0 Å². The molecule has 1 aromatic rings. The summed E-state index contributed by atoms with van der Waals surface area (Å²) in [6, 6.07) is 7.65. The lowest BCUT2D eigenvalue weighted by atomic mass is 10.1. The van der Waals surface area contributed by atoms with Crippen molar-refractivity contribution in [1.29, 1.82) is 0 Å². The number of hydrogen-bond donors (Lipinski definition) is 2. The molecule has 1 aliphatic rings. The fraction of sp³-hybridized carbons (Fsp3) is 0.357. The first-order valence-electron chi connectivity index (χ1n) is 6.18. The number of halogens is 1. The molecule has 1 atom stereocenters. The third-order valence-corrected chi connectivity index (χ3v) is 3.32. The molecule has 2 rings (SSSR count). The van der Waals surface area contributed by atoms with E-state index >= 15 is 0 Å². The molecule has 2 N–H and O–H groups in total. The van der Waals surface area contributed by atoms with Crippen LogP contribution in [0.2, 0.25) is 5.02 Å². The fourth-order valence-corrected chi connectivity index (χ4v) is 2.18. The minimum atomic E-state index is -0.162. The second-order valence-electron chi connectivity index (χ2n) is 4.30. The number of benzene rings is 1. The Morgan fingerprint density at radius 1 is 1.44 bits per heavy atom. The first-order valence-corrected chi connectivity index (χ1v) is 6.56. The summed E-state index contributed by atoms with van der Waals surface area (Å²) in [5.74, 6) is 0.0444. The first kappa shape index (κ1) is 13.1. The third-order valence-electron chi connectivity index (χ3n) is 2.95. The van der Waals surface area contributed by atoms with Gasteiger partial charge in [-0.1, -0.05) is 42.0 Å². The van der Waals surface area contributed by atoms with Crippen LogP contribution in [0.4, 0.5) is 0 Å². The van der Waals surface area contributed by atoms with Crippen LogP contribution >= 0.6 is 11.6 Å². The highest BCUT2D eigenvalue weighted by Gasteiger charge is 2.16. The highest BCUT2D eigenvalue weighted by molar-refractivity contribution is 6.31. The SMILES string of the molecule is O=C(NCCCc1ccccc1Cl)[C@H]1C=CCN1. The molecule has 1 amide bonds. The summed E-state index contributed by atoms with van der Waals surface area (Å²) in [7, 11) is 0. The highest BCUT2D eigenvalue weighted by atomic mass is 35.5. The van der Waals surface area contributed by atoms with Gasteiger partial charge in [0.1, 0.15) is 6.04 Å². The van der Waals surface area contributed by atoms with Gasteiger partial charge in [-0.25, -0.2) is 0 Å². The summed E-state index contributed by atoms with van der Waals surface area (Å²) in [6.07, 6.45) is 5.64. The van der Waals surface area contributed by atoms with Crippen molar-refractivity contribution >= 4 is 17.5 Å². The Kier molecular flexibility index (Phi) is 4.79. The summed E-state index contributed by atoms with van der Waals surface area (Å²) >= 11 is 6.06. The molecule has 18 heavy (non-hydrogen) atoms. The number of carbonyl (C=O) groups is 1. The maximum Gasteiger partial charge on any atom is 0.241 e. The maximum absolute atomic E-state index is 11.7. The Bertz CT molecular complexity index is 445. The summed E-state index contributed by atoms with van der Waals surface area (Å²) in [5, 5.41) is 6.79. The van der Waals surface area contributed by atoms with Gasteiger partial charge in [0, 0.05) is 18.1 Å². The minimum absolute atomic E-state index is 0.0444. The fourth-order valence-electron chi connectivity index (χ4n) is 1.95. The molecule has 1 heterocycles. The zero-order valence-corrected chi connectivity index (χ0v) is 10.9. The second kappa shape index (κ2) is 6.57. The molecule has 0 radical (unpaired) electrons. The summed E-state index contributed by atoms with van der Waals surface area (Å²) in [6.45, 7) is 1.45. The number of aryl methyl sites for hydroxylation is 1. The lowest BCUT2D eigenvalue weighted by molar-refractivity contribution is -0.121. The normalized spacial score (nSPS) is 17.9. The molecular weight excluding hydrogens is 248 g/mol. The molecule has 0 bridgehead atoms. The van der Waals surface area contributed by atoms with E-state index in [2.05, 4.69) is 10.6 Å². The van der Waals surface area contributed by atoms with E-state index in [-0.39, 0.29) is 11.9 Å². The minimum Gasteiger partial charge on any atom is -0.354 e. The molecule has 1 aliphatic heterocycles. The number of rotatable bonds is 5. The average Bonchev–Trinajstić information content (AvgIpc) is 2.90. The predicted octanol–water partition coefficient (Wildman–Crippen LogP) is 1.92. The maximum atomic E-state index is 11.7. The lowest BCUT2D eigenvalue weighted by Gasteiger charge is -2.10. The van der Waals surface area contributed by atoms with E-state index in [1.807, 2.05) is 36.4 Å². The first-order chi connectivity index (χ1) is 8.77. The Morgan fingerprint density at radius 2 is 2.28 bits per heavy atom. The van der Waals surface area contributed by atoms with Crippen LogP contribution in [0.25, 0.3) is 0 Å². The van der Waals surface area contributed by atoms with E-state index in [0.717, 1.165) is 30.0 Å². The monoisotopic (exact) mass is 264 g/mol. The standard InChI is InChI=1S/C14H17ClN2O/c15-12-7-2-1-5-11(12)6-3-10-17-14(18)13-8-4-9-16-13/h1-2,4-5,7-8,13,16H,3,6,9-10H2,(H,17,18)/t13-/m1/s1. The Morgan fingerprint density at radius 3 is 3.00 bits per heavy atom. The smallest absolute Gasteiger partial charge is 0.241 e. The second-order valence-corrected chi connectivity index (χ2v) is 4.71. The van der Waals surface area contributed by atoms with Crippen molar-refractivity contribution in [3.05, 3.63) is 47.0 Å². The quantitative estimate of drug-likeness (QED) is 0.630. The highest BCUT2D eigenvalue weighted by Crippen LogP contribution is 2.16. The number of amides is 1. The van der Waals surface area contributed by atoms with Crippen molar-refractivity contribution in [2.75, 3.05) is 13.1 Å². The molecule has 0 spiro atoms. The zero-order chi connectivity index (χ0) is 12.8. The van der Waals surface area contributed by atoms with Crippen LogP contribution in [0, 0.1) is 0 Å². The van der Waals surface area contributed by atoms with Gasteiger partial charge in [0.05, 0.1) is 0 Å². The molecule has 0 saturated carbocycles. The van der Waals surface area contributed by atoms with Gasteiger partial charge in [-0.05, 0) is 24.5 Å². The van der Waals surface area contributed by atoms with Crippen LogP contribution in [0.3, 0.4) is 0 Å². The van der Waals surface area contributed by atoms with Gasteiger partial charge in [0.2, 0.25) is 5.91 Å². The summed E-state index contributed by atoms with van der Waals surface area (Å²) in [5.41, 5.74) is 1.13. The van der Waals surface area contributed by atoms with Gasteiger partial charge in [0.25, 0.3) is 0 Å². The van der Waals surface area contributed by atoms with Crippen molar-refractivity contribution in [1.82, 2.24) is 10.6 Å². The van der Waals surface area contributed by atoms with Crippen molar-refractivity contribution in [3.63, 3.8) is 0 Å². The lowest BCUT2D eigenvalue weighted by Crippen LogP contribution is -2.40. The van der Waals surface area contributed by atoms with Crippen molar-refractivity contribution in [3.8, 4) is 0 Å². The topological polar surface area (TPSA) is 41.1 Å². The molecule has 4 heteroatoms. The van der Waals surface area contributed by atoms with Crippen LogP contribution < -0.4 is 10.6 Å². The molecule has 0 saturated heterocycles. The third kappa shape index (κ3) is 3.59. The Hall–Kier alpha value is -1.32. The molecule has 3 nitrogen and oxygen atoms in total. The van der Waals surface area contributed by atoms with E-state index in [0.29, 0.717) is 6.54 Å². The van der Waals surface area contributed by atoms with Gasteiger partial charge < -0.3 is 5.32 Å². The Balaban J connectivity index is 1.68. The molecule has 0 fully saturated rings. The number of hydrogen-bond acceptors (Lipinski definition) is 2. The molecule has 0 aromatic heterocycles. The van der Waals surface area contributed by atoms with E-state index in [1.165, 1.54) is 0 Å². The van der Waals surface area contributed by atoms with E-state index < -0.39 is 0 Å². The van der Waals surface area contributed by atoms with Crippen molar-refractivity contribution in [2.45, 2.75) is 18.9 Å². The van der Waals surface area contributed by atoms with Crippen molar-refractivity contribution < 1.29 is 4.79 Å². The van der Waals surface area contributed by atoms with Crippen LogP contribution in [-0.2, 0) is 11.2 Å². The average molecular weight is 265 g/mol. The largest absolute Gasteiger partial charge is 0.354 e. The molecule has 96 valence electrons. The molecular formula is C14H17ClN2O. The zero-order valence-electron chi connectivity index (χ0n) is 10.2. The number of carbonyl (C=O) groups excluding carboxylic acids is 1. The molecule has 0 unspecified atom stereocenters. The van der Waals surface area contributed by atoms with Crippen LogP contribution in [0.1, 0.15) is 12.0 Å². The van der Waals surface area contributed by atoms with Gasteiger partial charge in [-0.3, -0.25) is 10.1 Å². The Labute approximate surface area is 112 Å². The van der Waals surface area contributed by atoms with Crippen LogP contribution in [0.15, 0.2) is 36.4 Å². The van der Waals surface area contributed by atoms with E-state index in [9.17, 15) is 4.79 Å². The van der Waals surface area contributed by atoms with Crippen LogP contribution in [-0.4, -0.2) is 25.0 Å².